The molecule has 1 N–H and O–H groups in total. The van der Waals surface area contributed by atoms with Crippen molar-refractivity contribution >= 4 is 27.8 Å². The molecule has 0 bridgehead atoms. The summed E-state index contributed by atoms with van der Waals surface area (Å²) in [5.74, 6) is -1.23. The second-order valence-corrected chi connectivity index (χ2v) is 5.03. The van der Waals surface area contributed by atoms with Crippen molar-refractivity contribution < 1.29 is 9.90 Å². The van der Waals surface area contributed by atoms with E-state index < -0.39 is 11.9 Å². The van der Waals surface area contributed by atoms with E-state index in [1.807, 2.05) is 44.4 Å². The normalized spacial score (nSPS) is 12.9. The summed E-state index contributed by atoms with van der Waals surface area (Å²) in [6.07, 6.45) is 4.20. The zero-order chi connectivity index (χ0) is 14.3. The quantitative estimate of drug-likeness (QED) is 0.793. The number of carboxylic acids is 1. The summed E-state index contributed by atoms with van der Waals surface area (Å²) in [7, 11) is 2.01. The van der Waals surface area contributed by atoms with E-state index in [2.05, 4.69) is 9.55 Å². The van der Waals surface area contributed by atoms with Crippen LogP contribution >= 0.6 is 0 Å². The van der Waals surface area contributed by atoms with Gasteiger partial charge >= 0.3 is 5.97 Å². The van der Waals surface area contributed by atoms with E-state index in [1.54, 1.807) is 6.20 Å². The van der Waals surface area contributed by atoms with Gasteiger partial charge in [0.05, 0.1) is 11.4 Å². The van der Waals surface area contributed by atoms with Crippen molar-refractivity contribution in [2.45, 2.75) is 19.3 Å². The fraction of sp³-hybridized carbons (Fsp3) is 0.250. The Kier molecular flexibility index (Phi) is 2.93. The van der Waals surface area contributed by atoms with E-state index in [9.17, 15) is 9.90 Å². The molecule has 3 aromatic rings. The van der Waals surface area contributed by atoms with Crippen LogP contribution in [-0.2, 0) is 11.8 Å². The number of pyridine rings is 1. The maximum atomic E-state index is 11.3. The van der Waals surface area contributed by atoms with Crippen molar-refractivity contribution in [2.24, 2.45) is 7.05 Å². The molecule has 2 aromatic heterocycles. The molecule has 0 spiro atoms. The number of fused-ring (bicyclic) bond motifs is 3. The molecule has 0 amide bonds. The maximum absolute atomic E-state index is 11.3. The number of aromatic nitrogens is 2. The molecule has 0 saturated carbocycles. The van der Waals surface area contributed by atoms with Gasteiger partial charge in [0.1, 0.15) is 0 Å². The van der Waals surface area contributed by atoms with Crippen LogP contribution in [0.15, 0.2) is 36.7 Å². The predicted molar refractivity (Wildman–Crippen MR) is 78.9 cm³/mol. The molecule has 0 aliphatic carbocycles. The molecule has 4 nitrogen and oxygen atoms in total. The second-order valence-electron chi connectivity index (χ2n) is 5.03. The van der Waals surface area contributed by atoms with Gasteiger partial charge in [0, 0.05) is 35.7 Å². The Morgan fingerprint density at radius 1 is 1.30 bits per heavy atom. The maximum Gasteiger partial charge on any atom is 0.310 e. The minimum Gasteiger partial charge on any atom is -0.481 e. The average molecular weight is 268 g/mol. The van der Waals surface area contributed by atoms with E-state index in [4.69, 9.17) is 0 Å². The molecule has 0 aliphatic rings. The lowest BCUT2D eigenvalue weighted by molar-refractivity contribution is -0.138. The minimum atomic E-state index is -0.773. The number of rotatable bonds is 3. The Morgan fingerprint density at radius 3 is 2.75 bits per heavy atom. The van der Waals surface area contributed by atoms with Gasteiger partial charge in [-0.1, -0.05) is 13.0 Å². The van der Waals surface area contributed by atoms with Crippen LogP contribution in [0.4, 0.5) is 0 Å². The molecule has 2 heterocycles. The Hall–Kier alpha value is -2.36. The molecule has 1 unspecified atom stereocenters. The molecule has 0 fully saturated rings. The van der Waals surface area contributed by atoms with Gasteiger partial charge in [0.15, 0.2) is 0 Å². The Balaban J connectivity index is 2.30. The van der Waals surface area contributed by atoms with Crippen molar-refractivity contribution in [1.29, 1.82) is 0 Å². The first-order valence-electron chi connectivity index (χ1n) is 6.68. The summed E-state index contributed by atoms with van der Waals surface area (Å²) in [5, 5.41) is 11.4. The SMILES string of the molecule is CCC(C(=O)O)c1ccc2c(c1)c1cnccc1n2C. The minimum absolute atomic E-state index is 0.452. The van der Waals surface area contributed by atoms with Crippen LogP contribution in [0, 0.1) is 0 Å². The lowest BCUT2D eigenvalue weighted by atomic mass is 9.95. The summed E-state index contributed by atoms with van der Waals surface area (Å²) in [6.45, 7) is 1.90. The van der Waals surface area contributed by atoms with Crippen LogP contribution < -0.4 is 0 Å². The van der Waals surface area contributed by atoms with Crippen LogP contribution in [0.5, 0.6) is 0 Å². The highest BCUT2D eigenvalue weighted by Gasteiger charge is 2.19. The zero-order valence-corrected chi connectivity index (χ0v) is 11.5. The van der Waals surface area contributed by atoms with Gasteiger partial charge in [-0.05, 0) is 30.2 Å². The second kappa shape index (κ2) is 4.63. The summed E-state index contributed by atoms with van der Waals surface area (Å²) < 4.78 is 2.11. The topological polar surface area (TPSA) is 55.1 Å². The largest absolute Gasteiger partial charge is 0.481 e. The molecule has 3 rings (SSSR count). The number of hydrogen-bond donors (Lipinski definition) is 1. The monoisotopic (exact) mass is 268 g/mol. The number of hydrogen-bond acceptors (Lipinski definition) is 2. The van der Waals surface area contributed by atoms with E-state index in [1.165, 1.54) is 0 Å². The van der Waals surface area contributed by atoms with E-state index in [0.717, 1.165) is 27.4 Å². The fourth-order valence-electron chi connectivity index (χ4n) is 2.85. The standard InChI is InChI=1S/C16H16N2O2/c1-3-11(16(19)20)10-4-5-14-12(8-10)13-9-17-7-6-15(13)18(14)2/h4-9,11H,3H2,1-2H3,(H,19,20). The highest BCUT2D eigenvalue weighted by molar-refractivity contribution is 6.08. The van der Waals surface area contributed by atoms with Gasteiger partial charge in [-0.25, -0.2) is 0 Å². The number of carbonyl (C=O) groups is 1. The van der Waals surface area contributed by atoms with Crippen molar-refractivity contribution in [3.05, 3.63) is 42.2 Å². The first-order chi connectivity index (χ1) is 9.63. The summed E-state index contributed by atoms with van der Waals surface area (Å²) >= 11 is 0. The van der Waals surface area contributed by atoms with Gasteiger partial charge < -0.3 is 9.67 Å². The van der Waals surface area contributed by atoms with E-state index in [0.29, 0.717) is 6.42 Å². The highest BCUT2D eigenvalue weighted by Crippen LogP contribution is 2.31. The predicted octanol–water partition coefficient (Wildman–Crippen LogP) is 3.30. The first-order valence-corrected chi connectivity index (χ1v) is 6.68. The van der Waals surface area contributed by atoms with Gasteiger partial charge in [0.2, 0.25) is 0 Å². The zero-order valence-electron chi connectivity index (χ0n) is 11.5. The van der Waals surface area contributed by atoms with Crippen LogP contribution in [0.25, 0.3) is 21.8 Å². The highest BCUT2D eigenvalue weighted by atomic mass is 16.4. The Labute approximate surface area is 116 Å². The molecule has 0 saturated heterocycles. The van der Waals surface area contributed by atoms with E-state index >= 15 is 0 Å². The Bertz CT molecular complexity index is 805. The number of aliphatic carboxylic acids is 1. The number of nitrogens with zero attached hydrogens (tertiary/aromatic N) is 2. The van der Waals surface area contributed by atoms with Crippen LogP contribution in [0.3, 0.4) is 0 Å². The van der Waals surface area contributed by atoms with Crippen molar-refractivity contribution in [3.8, 4) is 0 Å². The average Bonchev–Trinajstić information content (AvgIpc) is 2.73. The third-order valence-electron chi connectivity index (χ3n) is 3.94. The third-order valence-corrected chi connectivity index (χ3v) is 3.94. The number of aryl methyl sites for hydroxylation is 1. The molecule has 4 heteroatoms. The van der Waals surface area contributed by atoms with Gasteiger partial charge in [-0.3, -0.25) is 9.78 Å². The molecule has 20 heavy (non-hydrogen) atoms. The molecule has 0 aliphatic heterocycles. The third kappa shape index (κ3) is 1.76. The van der Waals surface area contributed by atoms with Crippen molar-refractivity contribution in [1.82, 2.24) is 9.55 Å². The Morgan fingerprint density at radius 2 is 2.05 bits per heavy atom. The number of benzene rings is 1. The first kappa shape index (κ1) is 12.7. The van der Waals surface area contributed by atoms with Gasteiger partial charge in [0.25, 0.3) is 0 Å². The fourth-order valence-corrected chi connectivity index (χ4v) is 2.85. The molecule has 1 atom stereocenters. The summed E-state index contributed by atoms with van der Waals surface area (Å²) in [4.78, 5) is 15.5. The smallest absolute Gasteiger partial charge is 0.310 e. The van der Waals surface area contributed by atoms with Crippen LogP contribution in [-0.4, -0.2) is 20.6 Å². The van der Waals surface area contributed by atoms with Gasteiger partial charge in [-0.15, -0.1) is 0 Å². The van der Waals surface area contributed by atoms with Crippen molar-refractivity contribution in [2.75, 3.05) is 0 Å². The summed E-state index contributed by atoms with van der Waals surface area (Å²) in [6, 6.07) is 7.87. The lowest BCUT2D eigenvalue weighted by Crippen LogP contribution is -2.10. The molecule has 0 radical (unpaired) electrons. The number of carboxylic acid groups (broad SMARTS) is 1. The molecule has 102 valence electrons. The van der Waals surface area contributed by atoms with Crippen LogP contribution in [0.2, 0.25) is 0 Å². The molecular formula is C16H16N2O2. The molecule has 1 aromatic carbocycles. The van der Waals surface area contributed by atoms with E-state index in [-0.39, 0.29) is 0 Å². The van der Waals surface area contributed by atoms with Gasteiger partial charge in [-0.2, -0.15) is 0 Å². The van der Waals surface area contributed by atoms with Crippen LogP contribution in [0.1, 0.15) is 24.8 Å². The molecular weight excluding hydrogens is 252 g/mol. The van der Waals surface area contributed by atoms with Crippen molar-refractivity contribution in [3.63, 3.8) is 0 Å². The lowest BCUT2D eigenvalue weighted by Gasteiger charge is -2.10. The summed E-state index contributed by atoms with van der Waals surface area (Å²) in [5.41, 5.74) is 3.05.